The number of carboxylic acids is 1. The number of aliphatic carboxylic acids is 1. The predicted molar refractivity (Wildman–Crippen MR) is 108 cm³/mol. The molecule has 0 saturated heterocycles. The van der Waals surface area contributed by atoms with Gasteiger partial charge in [0.1, 0.15) is 5.69 Å². The quantitative estimate of drug-likeness (QED) is 0.579. The van der Waals surface area contributed by atoms with Crippen LogP contribution in [-0.4, -0.2) is 24.5 Å². The third kappa shape index (κ3) is 4.90. The van der Waals surface area contributed by atoms with E-state index in [2.05, 4.69) is 4.98 Å². The van der Waals surface area contributed by atoms with Crippen molar-refractivity contribution in [3.05, 3.63) is 60.5 Å². The summed E-state index contributed by atoms with van der Waals surface area (Å²) in [6.07, 6.45) is 1.34. The number of carboxylic acid groups (broad SMARTS) is 1. The van der Waals surface area contributed by atoms with Gasteiger partial charge in [-0.2, -0.15) is 0 Å². The van der Waals surface area contributed by atoms with Gasteiger partial charge in [0.15, 0.2) is 11.7 Å². The summed E-state index contributed by atoms with van der Waals surface area (Å²) in [5.41, 5.74) is 2.06. The Hall–Kier alpha value is -2.97. The number of carbonyl (C=O) groups is 1. The van der Waals surface area contributed by atoms with E-state index in [0.717, 1.165) is 5.56 Å². The van der Waals surface area contributed by atoms with Gasteiger partial charge >= 0.3 is 5.97 Å². The van der Waals surface area contributed by atoms with Crippen LogP contribution in [0.2, 0.25) is 0 Å². The fourth-order valence-corrected chi connectivity index (χ4v) is 3.57. The molecule has 0 saturated carbocycles. The summed E-state index contributed by atoms with van der Waals surface area (Å²) in [5.74, 6) is -0.304. The maximum atomic E-state index is 11.5. The lowest BCUT2D eigenvalue weighted by molar-refractivity contribution is -0.142. The Bertz CT molecular complexity index is 1090. The van der Waals surface area contributed by atoms with Crippen molar-refractivity contribution in [2.45, 2.75) is 31.1 Å². The minimum absolute atomic E-state index is 0.0125. The van der Waals surface area contributed by atoms with Gasteiger partial charge in [-0.15, -0.1) is 0 Å². The molecular formula is C21H22N2O5S. The van der Waals surface area contributed by atoms with Gasteiger partial charge in [-0.25, -0.2) is 18.5 Å². The zero-order valence-electron chi connectivity index (χ0n) is 15.9. The van der Waals surface area contributed by atoms with Gasteiger partial charge in [0, 0.05) is 17.5 Å². The van der Waals surface area contributed by atoms with Crippen molar-refractivity contribution in [1.82, 2.24) is 4.98 Å². The standard InChI is InChI=1S/C21H22N2O5S/c1-2-14(21(24)25)10-13-18-23-19(20(28-18)16-6-4-3-5-7-16)15-8-11-17(12-9-15)29(22,26)27/h3-9,11-12,14H,2,10,13H2,1H3,(H,24,25)(H2,22,26,27). The highest BCUT2D eigenvalue weighted by Gasteiger charge is 2.20. The molecular weight excluding hydrogens is 392 g/mol. The first-order valence-corrected chi connectivity index (χ1v) is 10.8. The molecule has 8 heteroatoms. The first kappa shape index (κ1) is 20.8. The van der Waals surface area contributed by atoms with Crippen molar-refractivity contribution in [2.24, 2.45) is 11.1 Å². The lowest BCUT2D eigenvalue weighted by atomic mass is 10.0. The third-order valence-electron chi connectivity index (χ3n) is 4.71. The van der Waals surface area contributed by atoms with Crippen LogP contribution in [0.3, 0.4) is 0 Å². The molecule has 1 atom stereocenters. The molecule has 3 rings (SSSR count). The number of hydrogen-bond acceptors (Lipinski definition) is 5. The Morgan fingerprint density at radius 1 is 1.10 bits per heavy atom. The molecule has 1 unspecified atom stereocenters. The van der Waals surface area contributed by atoms with E-state index < -0.39 is 21.9 Å². The molecule has 1 heterocycles. The van der Waals surface area contributed by atoms with Gasteiger partial charge in [0.25, 0.3) is 0 Å². The summed E-state index contributed by atoms with van der Waals surface area (Å²) in [6.45, 7) is 1.84. The van der Waals surface area contributed by atoms with Crippen molar-refractivity contribution in [3.63, 3.8) is 0 Å². The molecule has 0 aliphatic heterocycles. The molecule has 1 aromatic heterocycles. The minimum Gasteiger partial charge on any atom is -0.481 e. The highest BCUT2D eigenvalue weighted by atomic mass is 32.2. The fourth-order valence-electron chi connectivity index (χ4n) is 3.05. The number of nitrogens with zero attached hydrogens (tertiary/aromatic N) is 1. The summed E-state index contributed by atoms with van der Waals surface area (Å²) in [6, 6.07) is 15.5. The summed E-state index contributed by atoms with van der Waals surface area (Å²) >= 11 is 0. The first-order chi connectivity index (χ1) is 13.8. The lowest BCUT2D eigenvalue weighted by Gasteiger charge is -2.06. The zero-order chi connectivity index (χ0) is 21.0. The van der Waals surface area contributed by atoms with E-state index in [1.54, 1.807) is 12.1 Å². The normalized spacial score (nSPS) is 12.6. The van der Waals surface area contributed by atoms with Gasteiger partial charge in [-0.05, 0) is 25.0 Å². The number of nitrogens with two attached hydrogens (primary N) is 1. The Morgan fingerprint density at radius 3 is 2.31 bits per heavy atom. The fraction of sp³-hybridized carbons (Fsp3) is 0.238. The van der Waals surface area contributed by atoms with Crippen LogP contribution in [0.25, 0.3) is 22.6 Å². The van der Waals surface area contributed by atoms with E-state index in [0.29, 0.717) is 42.2 Å². The molecule has 0 bridgehead atoms. The largest absolute Gasteiger partial charge is 0.481 e. The molecule has 3 aromatic rings. The van der Waals surface area contributed by atoms with Gasteiger partial charge in [0.2, 0.25) is 10.0 Å². The monoisotopic (exact) mass is 414 g/mol. The average molecular weight is 414 g/mol. The molecule has 2 aromatic carbocycles. The predicted octanol–water partition coefficient (Wildman–Crippen LogP) is 3.70. The van der Waals surface area contributed by atoms with E-state index in [-0.39, 0.29) is 4.90 Å². The van der Waals surface area contributed by atoms with Crippen LogP contribution in [0.15, 0.2) is 63.9 Å². The number of benzene rings is 2. The molecule has 29 heavy (non-hydrogen) atoms. The Morgan fingerprint density at radius 2 is 1.76 bits per heavy atom. The van der Waals surface area contributed by atoms with Crippen molar-refractivity contribution < 1.29 is 22.7 Å². The van der Waals surface area contributed by atoms with Crippen molar-refractivity contribution in [1.29, 1.82) is 0 Å². The van der Waals surface area contributed by atoms with Crippen molar-refractivity contribution >= 4 is 16.0 Å². The topological polar surface area (TPSA) is 123 Å². The van der Waals surface area contributed by atoms with Crippen LogP contribution < -0.4 is 5.14 Å². The summed E-state index contributed by atoms with van der Waals surface area (Å²) in [7, 11) is -3.79. The number of aromatic nitrogens is 1. The van der Waals surface area contributed by atoms with Crippen LogP contribution in [0, 0.1) is 5.92 Å². The second kappa shape index (κ2) is 8.59. The van der Waals surface area contributed by atoms with Crippen molar-refractivity contribution in [2.75, 3.05) is 0 Å². The van der Waals surface area contributed by atoms with Crippen LogP contribution in [-0.2, 0) is 21.2 Å². The van der Waals surface area contributed by atoms with E-state index in [1.165, 1.54) is 12.1 Å². The number of oxazole rings is 1. The minimum atomic E-state index is -3.79. The Kier molecular flexibility index (Phi) is 6.14. The Labute approximate surface area is 169 Å². The molecule has 0 aliphatic carbocycles. The van der Waals surface area contributed by atoms with Gasteiger partial charge in [-0.3, -0.25) is 4.79 Å². The van der Waals surface area contributed by atoms with Crippen LogP contribution >= 0.6 is 0 Å². The SMILES string of the molecule is CCC(CCc1nc(-c2ccc(S(N)(=O)=O)cc2)c(-c2ccccc2)o1)C(=O)O. The lowest BCUT2D eigenvalue weighted by Crippen LogP contribution is -2.13. The van der Waals surface area contributed by atoms with Gasteiger partial charge in [0.05, 0.1) is 10.8 Å². The number of sulfonamides is 1. The van der Waals surface area contributed by atoms with Crippen molar-refractivity contribution in [3.8, 4) is 22.6 Å². The highest BCUT2D eigenvalue weighted by molar-refractivity contribution is 7.89. The molecule has 0 aliphatic rings. The van der Waals surface area contributed by atoms with Crippen LogP contribution in [0.5, 0.6) is 0 Å². The Balaban J connectivity index is 1.98. The van der Waals surface area contributed by atoms with Crippen LogP contribution in [0.4, 0.5) is 0 Å². The molecule has 0 fully saturated rings. The third-order valence-corrected chi connectivity index (χ3v) is 5.64. The maximum Gasteiger partial charge on any atom is 0.306 e. The van der Waals surface area contributed by atoms with Crippen LogP contribution in [0.1, 0.15) is 25.7 Å². The van der Waals surface area contributed by atoms with Gasteiger partial charge < -0.3 is 9.52 Å². The maximum absolute atomic E-state index is 11.5. The molecule has 152 valence electrons. The second-order valence-corrected chi connectivity index (χ2v) is 8.26. The number of hydrogen-bond donors (Lipinski definition) is 2. The molecule has 0 radical (unpaired) electrons. The van der Waals surface area contributed by atoms with E-state index in [4.69, 9.17) is 9.56 Å². The summed E-state index contributed by atoms with van der Waals surface area (Å²) < 4.78 is 29.0. The number of primary sulfonamides is 1. The number of aryl methyl sites for hydroxylation is 1. The van der Waals surface area contributed by atoms with Gasteiger partial charge in [-0.1, -0.05) is 49.4 Å². The second-order valence-electron chi connectivity index (χ2n) is 6.70. The van der Waals surface area contributed by atoms with E-state index in [9.17, 15) is 18.3 Å². The number of rotatable bonds is 8. The van der Waals surface area contributed by atoms with E-state index >= 15 is 0 Å². The molecule has 0 spiro atoms. The summed E-state index contributed by atoms with van der Waals surface area (Å²) in [4.78, 5) is 15.9. The van der Waals surface area contributed by atoms with E-state index in [1.807, 2.05) is 37.3 Å². The smallest absolute Gasteiger partial charge is 0.306 e. The molecule has 0 amide bonds. The summed E-state index contributed by atoms with van der Waals surface area (Å²) in [5, 5.41) is 14.4. The highest BCUT2D eigenvalue weighted by Crippen LogP contribution is 2.33. The first-order valence-electron chi connectivity index (χ1n) is 9.20. The molecule has 3 N–H and O–H groups in total. The zero-order valence-corrected chi connectivity index (χ0v) is 16.7. The molecule has 7 nitrogen and oxygen atoms in total. The average Bonchev–Trinajstić information content (AvgIpc) is 3.12.